The average molecular weight is 360 g/mol. The summed E-state index contributed by atoms with van der Waals surface area (Å²) in [6.07, 6.45) is 0. The van der Waals surface area contributed by atoms with Crippen LogP contribution in [0.15, 0.2) is 47.4 Å². The molecule has 0 radical (unpaired) electrons. The van der Waals surface area contributed by atoms with Gasteiger partial charge < -0.3 is 5.32 Å². The van der Waals surface area contributed by atoms with E-state index in [-0.39, 0.29) is 4.90 Å². The van der Waals surface area contributed by atoms with Gasteiger partial charge in [-0.15, -0.1) is 11.3 Å². The fourth-order valence-electron chi connectivity index (χ4n) is 2.32. The summed E-state index contributed by atoms with van der Waals surface area (Å²) >= 11 is 1.57. The van der Waals surface area contributed by atoms with Crippen LogP contribution in [0.3, 0.4) is 0 Å². The Bertz CT molecular complexity index is 1010. The van der Waals surface area contributed by atoms with E-state index >= 15 is 0 Å². The van der Waals surface area contributed by atoms with Gasteiger partial charge in [0.15, 0.2) is 9.84 Å². The molecule has 5 nitrogen and oxygen atoms in total. The highest BCUT2D eigenvalue weighted by Crippen LogP contribution is 2.24. The van der Waals surface area contributed by atoms with Crippen molar-refractivity contribution in [3.8, 4) is 0 Å². The van der Waals surface area contributed by atoms with E-state index in [2.05, 4.69) is 10.3 Å². The molecule has 0 aliphatic heterocycles. The summed E-state index contributed by atoms with van der Waals surface area (Å²) in [4.78, 5) is 16.6. The number of anilines is 1. The molecule has 0 saturated carbocycles. The lowest BCUT2D eigenvalue weighted by Gasteiger charge is -2.07. The van der Waals surface area contributed by atoms with Crippen molar-refractivity contribution in [3.05, 3.63) is 53.0 Å². The zero-order valence-corrected chi connectivity index (χ0v) is 14.9. The minimum atomic E-state index is -3.66. The first-order valence-corrected chi connectivity index (χ1v) is 9.77. The van der Waals surface area contributed by atoms with Crippen LogP contribution in [0.1, 0.15) is 10.6 Å². The van der Waals surface area contributed by atoms with E-state index in [0.29, 0.717) is 5.69 Å². The summed E-state index contributed by atoms with van der Waals surface area (Å²) in [5.74, 6) is -1.16. The number of nitrogens with one attached hydrogen (secondary N) is 1. The molecule has 0 bridgehead atoms. The molecule has 3 aromatic rings. The molecular weight excluding hydrogens is 344 g/mol. The lowest BCUT2D eigenvalue weighted by molar-refractivity contribution is -0.113. The summed E-state index contributed by atoms with van der Waals surface area (Å²) in [5.41, 5.74) is 2.29. The van der Waals surface area contributed by atoms with E-state index in [1.165, 1.54) is 12.1 Å². The highest BCUT2D eigenvalue weighted by Gasteiger charge is 2.19. The largest absolute Gasteiger partial charge is 0.325 e. The molecule has 0 atom stereocenters. The Labute approximate surface area is 144 Å². The summed E-state index contributed by atoms with van der Waals surface area (Å²) in [5, 5.41) is 3.57. The van der Waals surface area contributed by atoms with Gasteiger partial charge in [0.1, 0.15) is 5.75 Å². The van der Waals surface area contributed by atoms with Crippen LogP contribution >= 0.6 is 11.3 Å². The number of amides is 1. The predicted molar refractivity (Wildman–Crippen MR) is 96.2 cm³/mol. The number of aromatic nitrogens is 1. The molecule has 0 fully saturated rings. The van der Waals surface area contributed by atoms with Gasteiger partial charge in [-0.25, -0.2) is 13.4 Å². The minimum absolute atomic E-state index is 0.147. The molecule has 0 aliphatic rings. The van der Waals surface area contributed by atoms with Crippen molar-refractivity contribution in [2.45, 2.75) is 18.7 Å². The van der Waals surface area contributed by atoms with E-state index < -0.39 is 21.5 Å². The third-order valence-corrected chi connectivity index (χ3v) is 6.06. The maximum atomic E-state index is 12.3. The molecule has 0 aliphatic carbocycles. The summed E-state index contributed by atoms with van der Waals surface area (Å²) < 4.78 is 25.6. The zero-order valence-electron chi connectivity index (χ0n) is 13.2. The van der Waals surface area contributed by atoms with Crippen LogP contribution in [0.5, 0.6) is 0 Å². The maximum Gasteiger partial charge on any atom is 0.239 e. The summed E-state index contributed by atoms with van der Waals surface area (Å²) in [7, 11) is -3.66. The first kappa shape index (κ1) is 16.6. The van der Waals surface area contributed by atoms with Gasteiger partial charge in [0, 0.05) is 5.69 Å². The third kappa shape index (κ3) is 3.63. The fourth-order valence-corrected chi connectivity index (χ4v) is 4.26. The molecule has 1 amide bonds. The van der Waals surface area contributed by atoms with Crippen LogP contribution in [0.2, 0.25) is 0 Å². The van der Waals surface area contributed by atoms with Gasteiger partial charge >= 0.3 is 0 Å². The molecule has 0 unspecified atom stereocenters. The Kier molecular flexibility index (Phi) is 4.38. The Balaban J connectivity index is 1.75. The zero-order chi connectivity index (χ0) is 17.3. The Morgan fingerprint density at radius 1 is 1.12 bits per heavy atom. The summed E-state index contributed by atoms with van der Waals surface area (Å²) in [6, 6.07) is 11.8. The van der Waals surface area contributed by atoms with E-state index in [1.807, 2.05) is 19.9 Å². The topological polar surface area (TPSA) is 76.1 Å². The Morgan fingerprint density at radius 2 is 1.83 bits per heavy atom. The second kappa shape index (κ2) is 6.33. The molecule has 124 valence electrons. The van der Waals surface area contributed by atoms with Gasteiger partial charge in [0.2, 0.25) is 5.91 Å². The normalized spacial score (nSPS) is 11.6. The number of carbonyl (C=O) groups excluding carboxylic acids is 1. The number of nitrogens with zero attached hydrogens (tertiary/aromatic N) is 1. The van der Waals surface area contributed by atoms with Crippen molar-refractivity contribution in [1.29, 1.82) is 0 Å². The number of aryl methyl sites for hydroxylation is 2. The molecule has 1 N–H and O–H groups in total. The van der Waals surface area contributed by atoms with Crippen molar-refractivity contribution >= 4 is 43.0 Å². The lowest BCUT2D eigenvalue weighted by atomic mass is 10.2. The van der Waals surface area contributed by atoms with E-state index in [9.17, 15) is 13.2 Å². The van der Waals surface area contributed by atoms with E-state index in [0.717, 1.165) is 20.8 Å². The fraction of sp³-hybridized carbons (Fsp3) is 0.176. The van der Waals surface area contributed by atoms with Crippen molar-refractivity contribution in [2.24, 2.45) is 0 Å². The number of fused-ring (bicyclic) bond motifs is 1. The number of carbonyl (C=O) groups is 1. The Morgan fingerprint density at radius 3 is 2.54 bits per heavy atom. The molecule has 24 heavy (non-hydrogen) atoms. The van der Waals surface area contributed by atoms with Crippen LogP contribution in [-0.4, -0.2) is 25.1 Å². The van der Waals surface area contributed by atoms with Crippen LogP contribution in [-0.2, 0) is 14.6 Å². The second-order valence-electron chi connectivity index (χ2n) is 5.54. The molecule has 1 heterocycles. The van der Waals surface area contributed by atoms with Gasteiger partial charge in [-0.2, -0.15) is 0 Å². The van der Waals surface area contributed by atoms with Crippen LogP contribution in [0.25, 0.3) is 10.2 Å². The van der Waals surface area contributed by atoms with Gasteiger partial charge in [-0.05, 0) is 44.2 Å². The van der Waals surface area contributed by atoms with Crippen molar-refractivity contribution in [2.75, 3.05) is 11.1 Å². The molecule has 7 heteroatoms. The monoisotopic (exact) mass is 360 g/mol. The molecule has 1 aromatic heterocycles. The van der Waals surface area contributed by atoms with Crippen molar-refractivity contribution in [3.63, 3.8) is 0 Å². The number of thiazole rings is 1. The van der Waals surface area contributed by atoms with Gasteiger partial charge in [-0.1, -0.05) is 17.7 Å². The maximum absolute atomic E-state index is 12.3. The lowest BCUT2D eigenvalue weighted by Crippen LogP contribution is -2.23. The quantitative estimate of drug-likeness (QED) is 0.774. The second-order valence-corrected chi connectivity index (χ2v) is 8.76. The molecule has 2 aromatic carbocycles. The number of sulfone groups is 1. The van der Waals surface area contributed by atoms with Crippen LogP contribution in [0, 0.1) is 13.8 Å². The van der Waals surface area contributed by atoms with E-state index in [4.69, 9.17) is 0 Å². The van der Waals surface area contributed by atoms with E-state index in [1.54, 1.807) is 35.6 Å². The third-order valence-electron chi connectivity index (χ3n) is 3.48. The van der Waals surface area contributed by atoms with Crippen molar-refractivity contribution < 1.29 is 13.2 Å². The van der Waals surface area contributed by atoms with Crippen molar-refractivity contribution in [1.82, 2.24) is 4.98 Å². The predicted octanol–water partition coefficient (Wildman–Crippen LogP) is 3.33. The number of hydrogen-bond donors (Lipinski definition) is 1. The highest BCUT2D eigenvalue weighted by atomic mass is 32.2. The molecule has 0 spiro atoms. The minimum Gasteiger partial charge on any atom is -0.325 e. The first-order chi connectivity index (χ1) is 11.3. The number of benzene rings is 2. The van der Waals surface area contributed by atoms with Gasteiger partial charge in [-0.3, -0.25) is 4.79 Å². The molecule has 3 rings (SSSR count). The smallest absolute Gasteiger partial charge is 0.239 e. The average Bonchev–Trinajstić information content (AvgIpc) is 2.86. The SMILES string of the molecule is Cc1ccc(S(=O)(=O)CC(=O)Nc2ccc3sc(C)nc3c2)cc1. The first-order valence-electron chi connectivity index (χ1n) is 7.30. The van der Waals surface area contributed by atoms with Crippen LogP contribution < -0.4 is 5.32 Å². The standard InChI is InChI=1S/C17H16N2O3S2/c1-11-3-6-14(7-4-11)24(21,22)10-17(20)19-13-5-8-16-15(9-13)18-12(2)23-16/h3-9H,10H2,1-2H3,(H,19,20). The Hall–Kier alpha value is -2.25. The van der Waals surface area contributed by atoms with Crippen LogP contribution in [0.4, 0.5) is 5.69 Å². The van der Waals surface area contributed by atoms with Gasteiger partial charge in [0.05, 0.1) is 20.1 Å². The number of rotatable bonds is 4. The summed E-state index contributed by atoms with van der Waals surface area (Å²) in [6.45, 7) is 3.79. The number of hydrogen-bond acceptors (Lipinski definition) is 5. The molecular formula is C17H16N2O3S2. The highest BCUT2D eigenvalue weighted by molar-refractivity contribution is 7.92. The van der Waals surface area contributed by atoms with Gasteiger partial charge in [0.25, 0.3) is 0 Å². The molecule has 0 saturated heterocycles.